The average molecular weight is 492 g/mol. The second-order valence-corrected chi connectivity index (χ2v) is 8.47. The first-order chi connectivity index (χ1) is 17.0. The summed E-state index contributed by atoms with van der Waals surface area (Å²) in [6.07, 6.45) is 0. The van der Waals surface area contributed by atoms with Crippen LogP contribution in [0.25, 0.3) is 11.4 Å². The zero-order valence-electron chi connectivity index (χ0n) is 19.5. The third-order valence-corrected chi connectivity index (χ3v) is 5.95. The second-order valence-electron chi connectivity index (χ2n) is 7.53. The summed E-state index contributed by atoms with van der Waals surface area (Å²) in [6, 6.07) is 20.3. The van der Waals surface area contributed by atoms with E-state index in [1.807, 2.05) is 37.3 Å². The summed E-state index contributed by atoms with van der Waals surface area (Å²) in [5.74, 6) is 9.13. The number of rotatable bonds is 9. The number of nitrogens with one attached hydrogen (secondary N) is 1. The molecule has 0 spiro atoms. The number of thioether (sulfide) groups is 1. The summed E-state index contributed by atoms with van der Waals surface area (Å²) < 4.78 is 17.8. The lowest BCUT2D eigenvalue weighted by molar-refractivity contribution is -0.113. The van der Waals surface area contributed by atoms with Crippen molar-refractivity contribution in [3.63, 3.8) is 0 Å². The molecule has 35 heavy (non-hydrogen) atoms. The van der Waals surface area contributed by atoms with Gasteiger partial charge in [0.15, 0.2) is 17.3 Å². The molecule has 0 aliphatic heterocycles. The SMILES string of the molecule is COc1ccc(-c2nnc(SCC(=O)Nc3ccc(Oc4cccc(C)c4)cc3)n2N)cc1OC. The number of hydrogen-bond acceptors (Lipinski definition) is 8. The minimum Gasteiger partial charge on any atom is -0.493 e. The third kappa shape index (κ3) is 5.85. The van der Waals surface area contributed by atoms with Gasteiger partial charge in [0.2, 0.25) is 11.1 Å². The molecule has 4 aromatic rings. The molecular weight excluding hydrogens is 466 g/mol. The highest BCUT2D eigenvalue weighted by atomic mass is 32.2. The molecule has 9 nitrogen and oxygen atoms in total. The smallest absolute Gasteiger partial charge is 0.234 e. The fourth-order valence-corrected chi connectivity index (χ4v) is 3.95. The first-order valence-electron chi connectivity index (χ1n) is 10.7. The second kappa shape index (κ2) is 10.8. The van der Waals surface area contributed by atoms with Crippen molar-refractivity contribution in [1.82, 2.24) is 14.9 Å². The summed E-state index contributed by atoms with van der Waals surface area (Å²) in [5, 5.41) is 11.5. The standard InChI is InChI=1S/C25H25N5O4S/c1-16-5-4-6-20(13-16)34-19-10-8-18(9-11-19)27-23(31)15-35-25-29-28-24(30(25)26)17-7-12-21(32-2)22(14-17)33-3/h4-14H,15,26H2,1-3H3,(H,27,31). The monoisotopic (exact) mass is 491 g/mol. The molecule has 0 aliphatic rings. The van der Waals surface area contributed by atoms with Crippen LogP contribution < -0.4 is 25.4 Å². The Hall–Kier alpha value is -4.18. The van der Waals surface area contributed by atoms with Gasteiger partial charge in [-0.3, -0.25) is 4.79 Å². The molecule has 1 aromatic heterocycles. The number of ether oxygens (including phenoxy) is 3. The molecule has 0 fully saturated rings. The van der Waals surface area contributed by atoms with E-state index < -0.39 is 0 Å². The summed E-state index contributed by atoms with van der Waals surface area (Å²) in [7, 11) is 3.12. The van der Waals surface area contributed by atoms with Gasteiger partial charge in [0.25, 0.3) is 0 Å². The molecule has 0 atom stereocenters. The Balaban J connectivity index is 1.34. The largest absolute Gasteiger partial charge is 0.493 e. The quantitative estimate of drug-likeness (QED) is 0.260. The van der Waals surface area contributed by atoms with Gasteiger partial charge in [0.05, 0.1) is 20.0 Å². The molecule has 3 N–H and O–H groups in total. The van der Waals surface area contributed by atoms with Crippen LogP contribution in [0, 0.1) is 6.92 Å². The van der Waals surface area contributed by atoms with E-state index in [9.17, 15) is 4.79 Å². The lowest BCUT2D eigenvalue weighted by atomic mass is 10.2. The maximum absolute atomic E-state index is 12.4. The van der Waals surface area contributed by atoms with E-state index in [4.69, 9.17) is 20.1 Å². The number of nitrogens with zero attached hydrogens (tertiary/aromatic N) is 3. The fourth-order valence-electron chi connectivity index (χ4n) is 3.30. The lowest BCUT2D eigenvalue weighted by Crippen LogP contribution is -2.16. The number of carbonyl (C=O) groups is 1. The molecule has 1 amide bonds. The number of nitrogens with two attached hydrogens (primary N) is 1. The van der Waals surface area contributed by atoms with Crippen molar-refractivity contribution < 1.29 is 19.0 Å². The first kappa shape index (κ1) is 24.0. The number of methoxy groups -OCH3 is 2. The van der Waals surface area contributed by atoms with Gasteiger partial charge in [0.1, 0.15) is 11.5 Å². The third-order valence-electron chi connectivity index (χ3n) is 5.00. The normalized spacial score (nSPS) is 10.6. The van der Waals surface area contributed by atoms with Gasteiger partial charge in [-0.25, -0.2) is 4.68 Å². The van der Waals surface area contributed by atoms with Crippen molar-refractivity contribution >= 4 is 23.4 Å². The van der Waals surface area contributed by atoms with Crippen LogP contribution in [0.3, 0.4) is 0 Å². The van der Waals surface area contributed by atoms with Crippen LogP contribution in [0.15, 0.2) is 71.9 Å². The summed E-state index contributed by atoms with van der Waals surface area (Å²) >= 11 is 1.19. The Bertz CT molecular complexity index is 1320. The molecule has 0 unspecified atom stereocenters. The Kier molecular flexibility index (Phi) is 7.41. The molecule has 0 saturated heterocycles. The molecule has 3 aromatic carbocycles. The van der Waals surface area contributed by atoms with Gasteiger partial charge in [-0.15, -0.1) is 10.2 Å². The molecule has 10 heteroatoms. The van der Waals surface area contributed by atoms with Gasteiger partial charge in [-0.1, -0.05) is 23.9 Å². The summed E-state index contributed by atoms with van der Waals surface area (Å²) in [6.45, 7) is 2.01. The van der Waals surface area contributed by atoms with Crippen LogP contribution in [0.1, 0.15) is 5.56 Å². The zero-order valence-corrected chi connectivity index (χ0v) is 20.3. The van der Waals surface area contributed by atoms with E-state index >= 15 is 0 Å². The molecule has 0 aliphatic carbocycles. The Morgan fingerprint density at radius 3 is 2.46 bits per heavy atom. The van der Waals surface area contributed by atoms with E-state index in [1.54, 1.807) is 50.6 Å². The number of benzene rings is 3. The maximum atomic E-state index is 12.4. The van der Waals surface area contributed by atoms with Crippen molar-refractivity contribution in [2.45, 2.75) is 12.1 Å². The average Bonchev–Trinajstić information content (AvgIpc) is 3.23. The van der Waals surface area contributed by atoms with Crippen molar-refractivity contribution in [3.8, 4) is 34.4 Å². The van der Waals surface area contributed by atoms with Crippen LogP contribution in [0.2, 0.25) is 0 Å². The van der Waals surface area contributed by atoms with Crippen molar-refractivity contribution in [2.75, 3.05) is 31.1 Å². The van der Waals surface area contributed by atoms with Crippen LogP contribution in [0.4, 0.5) is 5.69 Å². The van der Waals surface area contributed by atoms with Crippen molar-refractivity contribution in [2.24, 2.45) is 0 Å². The number of aromatic nitrogens is 3. The Morgan fingerprint density at radius 1 is 0.971 bits per heavy atom. The van der Waals surface area contributed by atoms with Crippen LogP contribution in [-0.4, -0.2) is 40.8 Å². The minimum absolute atomic E-state index is 0.114. The van der Waals surface area contributed by atoms with E-state index in [1.165, 1.54) is 16.4 Å². The van der Waals surface area contributed by atoms with Crippen molar-refractivity contribution in [1.29, 1.82) is 0 Å². The van der Waals surface area contributed by atoms with Gasteiger partial charge in [-0.2, -0.15) is 0 Å². The van der Waals surface area contributed by atoms with Crippen LogP contribution >= 0.6 is 11.8 Å². The van der Waals surface area contributed by atoms with E-state index in [0.717, 1.165) is 11.3 Å². The number of aryl methyl sites for hydroxylation is 1. The molecule has 1 heterocycles. The molecule has 0 bridgehead atoms. The molecule has 0 saturated carbocycles. The van der Waals surface area contributed by atoms with Crippen molar-refractivity contribution in [3.05, 3.63) is 72.3 Å². The molecule has 0 radical (unpaired) electrons. The number of carbonyl (C=O) groups excluding carboxylic acids is 1. The first-order valence-corrected chi connectivity index (χ1v) is 11.7. The summed E-state index contributed by atoms with van der Waals surface area (Å²) in [5.41, 5.74) is 2.49. The molecule has 180 valence electrons. The van der Waals surface area contributed by atoms with Gasteiger partial charge in [-0.05, 0) is 67.1 Å². The molecular formula is C25H25N5O4S. The fraction of sp³-hybridized carbons (Fsp3) is 0.160. The van der Waals surface area contributed by atoms with Gasteiger partial charge >= 0.3 is 0 Å². The highest BCUT2D eigenvalue weighted by molar-refractivity contribution is 7.99. The topological polar surface area (TPSA) is 114 Å². The van der Waals surface area contributed by atoms with E-state index in [-0.39, 0.29) is 11.7 Å². The minimum atomic E-state index is -0.196. The number of nitrogen functional groups attached to an aromatic ring is 1. The highest BCUT2D eigenvalue weighted by Gasteiger charge is 2.16. The number of anilines is 1. The van der Waals surface area contributed by atoms with E-state index in [0.29, 0.717) is 39.5 Å². The lowest BCUT2D eigenvalue weighted by Gasteiger charge is -2.09. The zero-order chi connectivity index (χ0) is 24.8. The highest BCUT2D eigenvalue weighted by Crippen LogP contribution is 2.32. The van der Waals surface area contributed by atoms with Crippen LogP contribution in [0.5, 0.6) is 23.0 Å². The predicted molar refractivity (Wildman–Crippen MR) is 136 cm³/mol. The Morgan fingerprint density at radius 2 is 1.74 bits per heavy atom. The number of hydrogen-bond donors (Lipinski definition) is 2. The maximum Gasteiger partial charge on any atom is 0.234 e. The van der Waals surface area contributed by atoms with Crippen LogP contribution in [-0.2, 0) is 4.79 Å². The van der Waals surface area contributed by atoms with Gasteiger partial charge in [0, 0.05) is 11.3 Å². The Labute approximate surface area is 207 Å². The van der Waals surface area contributed by atoms with Gasteiger partial charge < -0.3 is 25.4 Å². The molecule has 4 rings (SSSR count). The number of amides is 1. The van der Waals surface area contributed by atoms with E-state index in [2.05, 4.69) is 15.5 Å². The predicted octanol–water partition coefficient (Wildman–Crippen LogP) is 4.51. The summed E-state index contributed by atoms with van der Waals surface area (Å²) in [4.78, 5) is 12.4.